The SMILES string of the molecule is CC(C)(C)Nc1ncnc2ccc(-c3ccc(F)c(CN(C4CC4)S(=O)(=O)c4c(F)c(F)c(F)c(F)c4F)c3)cc12. The third kappa shape index (κ3) is 5.47. The fourth-order valence-corrected chi connectivity index (χ4v) is 6.21. The molecule has 4 aromatic rings. The van der Waals surface area contributed by atoms with Crippen LogP contribution >= 0.6 is 0 Å². The summed E-state index contributed by atoms with van der Waals surface area (Å²) in [4.78, 5) is 6.62. The molecule has 41 heavy (non-hydrogen) atoms. The van der Waals surface area contributed by atoms with E-state index in [2.05, 4.69) is 15.3 Å². The van der Waals surface area contributed by atoms with Gasteiger partial charge in [0.05, 0.1) is 5.52 Å². The minimum absolute atomic E-state index is 0.153. The quantitative estimate of drug-likeness (QED) is 0.147. The summed E-state index contributed by atoms with van der Waals surface area (Å²) in [7, 11) is -5.26. The molecule has 1 heterocycles. The van der Waals surface area contributed by atoms with E-state index in [-0.39, 0.29) is 23.9 Å². The summed E-state index contributed by atoms with van der Waals surface area (Å²) in [5.74, 6) is -12.4. The van der Waals surface area contributed by atoms with Crippen LogP contribution in [-0.4, -0.2) is 34.3 Å². The number of hydrogen-bond acceptors (Lipinski definition) is 5. The Morgan fingerprint density at radius 3 is 2.05 bits per heavy atom. The van der Waals surface area contributed by atoms with Gasteiger partial charge < -0.3 is 5.32 Å². The predicted octanol–water partition coefficient (Wildman–Crippen LogP) is 6.70. The molecule has 1 saturated carbocycles. The highest BCUT2D eigenvalue weighted by molar-refractivity contribution is 7.89. The molecule has 1 aliphatic rings. The molecule has 6 nitrogen and oxygen atoms in total. The fraction of sp³-hybridized carbons (Fsp3) is 0.286. The summed E-state index contributed by atoms with van der Waals surface area (Å²) in [6.07, 6.45) is 1.96. The van der Waals surface area contributed by atoms with Crippen LogP contribution in [0.2, 0.25) is 0 Å². The van der Waals surface area contributed by atoms with Crippen molar-refractivity contribution in [2.45, 2.75) is 56.6 Å². The van der Waals surface area contributed by atoms with Crippen molar-refractivity contribution in [3.63, 3.8) is 0 Å². The smallest absolute Gasteiger partial charge is 0.249 e. The third-order valence-corrected chi connectivity index (χ3v) is 8.44. The first-order chi connectivity index (χ1) is 19.2. The van der Waals surface area contributed by atoms with Gasteiger partial charge in [-0.1, -0.05) is 12.1 Å². The number of nitrogens with zero attached hydrogens (tertiary/aromatic N) is 3. The van der Waals surface area contributed by atoms with Gasteiger partial charge in [-0.15, -0.1) is 0 Å². The van der Waals surface area contributed by atoms with Crippen molar-refractivity contribution in [2.24, 2.45) is 0 Å². The molecule has 1 N–H and O–H groups in total. The van der Waals surface area contributed by atoms with E-state index in [0.717, 1.165) is 6.07 Å². The Bertz CT molecular complexity index is 1760. The second-order valence-electron chi connectivity index (χ2n) is 10.8. The minimum Gasteiger partial charge on any atom is -0.365 e. The molecule has 3 aromatic carbocycles. The molecule has 0 aliphatic heterocycles. The molecule has 0 unspecified atom stereocenters. The molecule has 0 atom stereocenters. The van der Waals surface area contributed by atoms with E-state index < -0.39 is 62.4 Å². The number of fused-ring (bicyclic) bond motifs is 1. The largest absolute Gasteiger partial charge is 0.365 e. The van der Waals surface area contributed by atoms with Crippen molar-refractivity contribution in [2.75, 3.05) is 5.32 Å². The van der Waals surface area contributed by atoms with Gasteiger partial charge in [0.15, 0.2) is 28.2 Å². The Balaban J connectivity index is 1.55. The highest BCUT2D eigenvalue weighted by atomic mass is 32.2. The molecule has 0 bridgehead atoms. The van der Waals surface area contributed by atoms with Gasteiger partial charge in [-0.3, -0.25) is 0 Å². The number of anilines is 1. The third-order valence-electron chi connectivity index (χ3n) is 6.52. The molecule has 0 amide bonds. The lowest BCUT2D eigenvalue weighted by atomic mass is 10.0. The average molecular weight is 595 g/mol. The zero-order valence-corrected chi connectivity index (χ0v) is 22.9. The van der Waals surface area contributed by atoms with Crippen molar-refractivity contribution in [1.29, 1.82) is 0 Å². The van der Waals surface area contributed by atoms with Crippen molar-refractivity contribution < 1.29 is 34.8 Å². The Kier molecular flexibility index (Phi) is 7.23. The first kappa shape index (κ1) is 28.8. The second-order valence-corrected chi connectivity index (χ2v) is 12.6. The summed E-state index contributed by atoms with van der Waals surface area (Å²) < 4.78 is 112. The number of aromatic nitrogens is 2. The monoisotopic (exact) mass is 594 g/mol. The van der Waals surface area contributed by atoms with E-state index in [1.54, 1.807) is 18.2 Å². The summed E-state index contributed by atoms with van der Waals surface area (Å²) in [6, 6.07) is 8.42. The number of hydrogen-bond donors (Lipinski definition) is 1. The summed E-state index contributed by atoms with van der Waals surface area (Å²) in [5, 5.41) is 3.98. The van der Waals surface area contributed by atoms with E-state index in [9.17, 15) is 34.8 Å². The maximum atomic E-state index is 15.0. The van der Waals surface area contributed by atoms with Gasteiger partial charge in [0.1, 0.15) is 18.0 Å². The molecular formula is C28H24F6N4O2S. The van der Waals surface area contributed by atoms with Crippen LogP contribution in [-0.2, 0) is 16.6 Å². The number of benzene rings is 3. The molecule has 1 fully saturated rings. The van der Waals surface area contributed by atoms with Crippen LogP contribution in [0.1, 0.15) is 39.2 Å². The number of nitrogens with one attached hydrogen (secondary N) is 1. The van der Waals surface area contributed by atoms with Crippen molar-refractivity contribution >= 4 is 26.7 Å². The van der Waals surface area contributed by atoms with Gasteiger partial charge in [0, 0.05) is 29.1 Å². The maximum absolute atomic E-state index is 15.0. The van der Waals surface area contributed by atoms with Crippen LogP contribution in [0, 0.1) is 34.9 Å². The first-order valence-electron chi connectivity index (χ1n) is 12.5. The fourth-order valence-electron chi connectivity index (χ4n) is 4.44. The van der Waals surface area contributed by atoms with Gasteiger partial charge in [0.2, 0.25) is 15.8 Å². The first-order valence-corrected chi connectivity index (χ1v) is 14.0. The Morgan fingerprint density at radius 2 is 1.44 bits per heavy atom. The van der Waals surface area contributed by atoms with Crippen LogP contribution in [0.4, 0.5) is 32.2 Å². The predicted molar refractivity (Wildman–Crippen MR) is 140 cm³/mol. The minimum atomic E-state index is -5.26. The molecule has 0 radical (unpaired) electrons. The van der Waals surface area contributed by atoms with Crippen molar-refractivity contribution in [1.82, 2.24) is 14.3 Å². The Morgan fingerprint density at radius 1 is 0.854 bits per heavy atom. The zero-order chi connectivity index (χ0) is 29.9. The molecule has 0 spiro atoms. The van der Waals surface area contributed by atoms with Crippen molar-refractivity contribution in [3.8, 4) is 11.1 Å². The van der Waals surface area contributed by atoms with Gasteiger partial charge >= 0.3 is 0 Å². The highest BCUT2D eigenvalue weighted by Crippen LogP contribution is 2.38. The highest BCUT2D eigenvalue weighted by Gasteiger charge is 2.43. The molecule has 216 valence electrons. The summed E-state index contributed by atoms with van der Waals surface area (Å²) in [6.45, 7) is 5.19. The topological polar surface area (TPSA) is 75.2 Å². The van der Waals surface area contributed by atoms with E-state index in [1.165, 1.54) is 18.5 Å². The van der Waals surface area contributed by atoms with E-state index in [0.29, 0.717) is 32.2 Å². The van der Waals surface area contributed by atoms with Crippen LogP contribution in [0.3, 0.4) is 0 Å². The summed E-state index contributed by atoms with van der Waals surface area (Å²) >= 11 is 0. The number of halogens is 6. The van der Waals surface area contributed by atoms with Gasteiger partial charge in [-0.05, 0) is 69.0 Å². The van der Waals surface area contributed by atoms with Crippen LogP contribution in [0.25, 0.3) is 22.0 Å². The molecule has 0 saturated heterocycles. The van der Waals surface area contributed by atoms with E-state index >= 15 is 0 Å². The van der Waals surface area contributed by atoms with Crippen molar-refractivity contribution in [3.05, 3.63) is 83.2 Å². The van der Waals surface area contributed by atoms with Crippen LogP contribution < -0.4 is 5.32 Å². The Labute approximate surface area is 232 Å². The Hall–Kier alpha value is -3.71. The normalized spacial score (nSPS) is 14.2. The lowest BCUT2D eigenvalue weighted by Gasteiger charge is -2.23. The van der Waals surface area contributed by atoms with E-state index in [1.807, 2.05) is 20.8 Å². The van der Waals surface area contributed by atoms with Gasteiger partial charge in [-0.2, -0.15) is 4.31 Å². The summed E-state index contributed by atoms with van der Waals surface area (Å²) in [5.41, 5.74) is 1.28. The lowest BCUT2D eigenvalue weighted by molar-refractivity contribution is 0.345. The van der Waals surface area contributed by atoms with Crippen LogP contribution in [0.5, 0.6) is 0 Å². The molecule has 1 aromatic heterocycles. The molecule has 13 heteroatoms. The zero-order valence-electron chi connectivity index (χ0n) is 22.1. The standard InChI is InChI=1S/C28H24F6N4O2S/c1-28(2,3)37-27-18-11-15(5-9-20(18)35-13-36-27)14-4-8-19(29)16(10-14)12-38(17-6-7-17)41(39,40)26-24(33)22(31)21(30)23(32)25(26)34/h4-5,8-11,13,17H,6-7,12H2,1-3H3,(H,35,36,37). The molecular weight excluding hydrogens is 570 g/mol. The molecule has 1 aliphatic carbocycles. The average Bonchev–Trinajstić information content (AvgIpc) is 3.74. The number of rotatable bonds is 7. The second kappa shape index (κ2) is 10.3. The van der Waals surface area contributed by atoms with Gasteiger partial charge in [-0.25, -0.2) is 44.7 Å². The molecule has 5 rings (SSSR count). The maximum Gasteiger partial charge on any atom is 0.249 e. The van der Waals surface area contributed by atoms with Crippen LogP contribution in [0.15, 0.2) is 47.6 Å². The van der Waals surface area contributed by atoms with E-state index in [4.69, 9.17) is 0 Å². The van der Waals surface area contributed by atoms with Gasteiger partial charge in [0.25, 0.3) is 0 Å². The lowest BCUT2D eigenvalue weighted by Crippen LogP contribution is -2.34. The number of sulfonamides is 1.